The summed E-state index contributed by atoms with van der Waals surface area (Å²) in [6.07, 6.45) is 3.25. The lowest BCUT2D eigenvalue weighted by atomic mass is 9.91. The molecule has 1 aliphatic rings. The third-order valence-corrected chi connectivity index (χ3v) is 5.27. The number of nitrogens with one attached hydrogen (secondary N) is 3. The first-order valence-corrected chi connectivity index (χ1v) is 9.50. The number of ether oxygens (including phenoxy) is 1. The SMILES string of the molecule is CCNC1CCc2[nH]c3ccc(NC(=O)c4cccc(OC)c4)cc3c2C1. The summed E-state index contributed by atoms with van der Waals surface area (Å²) < 4.78 is 5.20. The molecule has 3 N–H and O–H groups in total. The molecule has 4 rings (SSSR count). The van der Waals surface area contributed by atoms with E-state index in [-0.39, 0.29) is 5.91 Å². The predicted octanol–water partition coefficient (Wildman–Crippen LogP) is 3.90. The van der Waals surface area contributed by atoms with Crippen molar-refractivity contribution in [3.63, 3.8) is 0 Å². The minimum absolute atomic E-state index is 0.136. The zero-order valence-corrected chi connectivity index (χ0v) is 15.8. The molecule has 1 amide bonds. The molecule has 0 bridgehead atoms. The highest BCUT2D eigenvalue weighted by atomic mass is 16.5. The molecular formula is C22H25N3O2. The van der Waals surface area contributed by atoms with Gasteiger partial charge in [0.2, 0.25) is 0 Å². The van der Waals surface area contributed by atoms with Gasteiger partial charge < -0.3 is 20.4 Å². The number of carbonyl (C=O) groups excluding carboxylic acids is 1. The van der Waals surface area contributed by atoms with Crippen molar-refractivity contribution in [2.75, 3.05) is 19.0 Å². The van der Waals surface area contributed by atoms with Crippen molar-refractivity contribution in [3.8, 4) is 5.75 Å². The van der Waals surface area contributed by atoms with Gasteiger partial charge in [-0.05, 0) is 67.8 Å². The van der Waals surface area contributed by atoms with Crippen LogP contribution >= 0.6 is 0 Å². The summed E-state index contributed by atoms with van der Waals surface area (Å²) in [6, 6.07) is 13.8. The van der Waals surface area contributed by atoms with Gasteiger partial charge in [0, 0.05) is 33.9 Å². The van der Waals surface area contributed by atoms with Crippen LogP contribution in [0.5, 0.6) is 5.75 Å². The van der Waals surface area contributed by atoms with Crippen LogP contribution in [0.2, 0.25) is 0 Å². The molecule has 5 nitrogen and oxygen atoms in total. The lowest BCUT2D eigenvalue weighted by Crippen LogP contribution is -2.34. The average molecular weight is 363 g/mol. The number of benzene rings is 2. The van der Waals surface area contributed by atoms with Crippen LogP contribution < -0.4 is 15.4 Å². The minimum Gasteiger partial charge on any atom is -0.497 e. The summed E-state index contributed by atoms with van der Waals surface area (Å²) in [5, 5.41) is 7.78. The number of likely N-dealkylation sites (N-methyl/N-ethyl adjacent to an activating group) is 1. The van der Waals surface area contributed by atoms with Gasteiger partial charge >= 0.3 is 0 Å². The molecule has 2 aromatic carbocycles. The molecule has 0 fully saturated rings. The number of carbonyl (C=O) groups is 1. The number of hydrogen-bond acceptors (Lipinski definition) is 3. The number of rotatable bonds is 5. The van der Waals surface area contributed by atoms with E-state index in [0.717, 1.165) is 37.0 Å². The van der Waals surface area contributed by atoms with Crippen molar-refractivity contribution in [2.24, 2.45) is 0 Å². The molecule has 27 heavy (non-hydrogen) atoms. The maximum atomic E-state index is 12.6. The van der Waals surface area contributed by atoms with Gasteiger partial charge in [0.25, 0.3) is 5.91 Å². The summed E-state index contributed by atoms with van der Waals surface area (Å²) in [6.45, 7) is 3.14. The number of fused-ring (bicyclic) bond motifs is 3. The second kappa shape index (κ2) is 7.45. The smallest absolute Gasteiger partial charge is 0.255 e. The van der Waals surface area contributed by atoms with E-state index in [1.807, 2.05) is 18.2 Å². The van der Waals surface area contributed by atoms with Crippen molar-refractivity contribution >= 4 is 22.5 Å². The lowest BCUT2D eigenvalue weighted by molar-refractivity contribution is 0.102. The Kier molecular flexibility index (Phi) is 4.86. The molecule has 1 unspecified atom stereocenters. The third-order valence-electron chi connectivity index (χ3n) is 5.27. The van der Waals surface area contributed by atoms with Crippen LogP contribution in [-0.4, -0.2) is 30.6 Å². The highest BCUT2D eigenvalue weighted by molar-refractivity contribution is 6.05. The largest absolute Gasteiger partial charge is 0.497 e. The van der Waals surface area contributed by atoms with E-state index in [9.17, 15) is 4.79 Å². The van der Waals surface area contributed by atoms with Gasteiger partial charge in [-0.15, -0.1) is 0 Å². The van der Waals surface area contributed by atoms with E-state index >= 15 is 0 Å². The van der Waals surface area contributed by atoms with Crippen molar-refractivity contribution < 1.29 is 9.53 Å². The van der Waals surface area contributed by atoms with Gasteiger partial charge in [-0.2, -0.15) is 0 Å². The molecule has 0 saturated carbocycles. The Hall–Kier alpha value is -2.79. The number of amides is 1. The predicted molar refractivity (Wildman–Crippen MR) is 109 cm³/mol. The quantitative estimate of drug-likeness (QED) is 0.644. The molecule has 0 aliphatic heterocycles. The fourth-order valence-electron chi connectivity index (χ4n) is 3.93. The minimum atomic E-state index is -0.136. The second-order valence-corrected chi connectivity index (χ2v) is 7.03. The number of anilines is 1. The summed E-state index contributed by atoms with van der Waals surface area (Å²) in [5.74, 6) is 0.537. The van der Waals surface area contributed by atoms with E-state index in [0.29, 0.717) is 17.4 Å². The number of H-pyrrole nitrogens is 1. The van der Waals surface area contributed by atoms with E-state index in [1.54, 1.807) is 19.2 Å². The summed E-state index contributed by atoms with van der Waals surface area (Å²) in [4.78, 5) is 16.1. The molecule has 1 aromatic heterocycles. The summed E-state index contributed by atoms with van der Waals surface area (Å²) in [5.41, 5.74) is 5.23. The molecule has 1 heterocycles. The maximum absolute atomic E-state index is 12.6. The van der Waals surface area contributed by atoms with Crippen LogP contribution in [0.3, 0.4) is 0 Å². The van der Waals surface area contributed by atoms with Crippen LogP contribution in [0.4, 0.5) is 5.69 Å². The fraction of sp³-hybridized carbons (Fsp3) is 0.318. The number of methoxy groups -OCH3 is 1. The fourth-order valence-corrected chi connectivity index (χ4v) is 3.93. The summed E-state index contributed by atoms with van der Waals surface area (Å²) >= 11 is 0. The monoisotopic (exact) mass is 363 g/mol. The Balaban J connectivity index is 1.60. The molecule has 5 heteroatoms. The first-order chi connectivity index (χ1) is 13.2. The Labute approximate surface area is 159 Å². The van der Waals surface area contributed by atoms with Crippen LogP contribution in [0.25, 0.3) is 10.9 Å². The Morgan fingerprint density at radius 3 is 2.96 bits per heavy atom. The van der Waals surface area contributed by atoms with Crippen LogP contribution in [-0.2, 0) is 12.8 Å². The third kappa shape index (κ3) is 3.55. The van der Waals surface area contributed by atoms with Gasteiger partial charge in [-0.25, -0.2) is 0 Å². The van der Waals surface area contributed by atoms with Gasteiger partial charge in [-0.3, -0.25) is 4.79 Å². The highest BCUT2D eigenvalue weighted by Gasteiger charge is 2.22. The van der Waals surface area contributed by atoms with E-state index < -0.39 is 0 Å². The molecule has 1 atom stereocenters. The van der Waals surface area contributed by atoms with Crippen molar-refractivity contribution in [1.82, 2.24) is 10.3 Å². The standard InChI is InChI=1S/C22H25N3O2/c1-3-23-15-7-9-20-18(12-15)19-13-16(8-10-21(19)25-20)24-22(26)14-5-4-6-17(11-14)27-2/h4-6,8,10-11,13,15,23,25H,3,7,9,12H2,1-2H3,(H,24,26). The Morgan fingerprint density at radius 2 is 2.15 bits per heavy atom. The van der Waals surface area contributed by atoms with Crippen molar-refractivity contribution in [1.29, 1.82) is 0 Å². The normalized spacial score (nSPS) is 16.1. The Morgan fingerprint density at radius 1 is 1.26 bits per heavy atom. The Bertz CT molecular complexity index is 977. The maximum Gasteiger partial charge on any atom is 0.255 e. The molecule has 140 valence electrons. The van der Waals surface area contributed by atoms with Gasteiger partial charge in [-0.1, -0.05) is 13.0 Å². The topological polar surface area (TPSA) is 66.2 Å². The van der Waals surface area contributed by atoms with Gasteiger partial charge in [0.1, 0.15) is 5.75 Å². The lowest BCUT2D eigenvalue weighted by Gasteiger charge is -2.23. The number of hydrogen-bond donors (Lipinski definition) is 3. The van der Waals surface area contributed by atoms with Crippen LogP contribution in [0.1, 0.15) is 35.0 Å². The zero-order chi connectivity index (χ0) is 18.8. The molecule has 3 aromatic rings. The van der Waals surface area contributed by atoms with E-state index in [1.165, 1.54) is 16.6 Å². The second-order valence-electron chi connectivity index (χ2n) is 7.03. The van der Waals surface area contributed by atoms with Crippen molar-refractivity contribution in [2.45, 2.75) is 32.2 Å². The van der Waals surface area contributed by atoms with Crippen molar-refractivity contribution in [3.05, 3.63) is 59.3 Å². The van der Waals surface area contributed by atoms with Crippen LogP contribution in [0.15, 0.2) is 42.5 Å². The van der Waals surface area contributed by atoms with E-state index in [2.05, 4.69) is 34.7 Å². The number of aromatic amines is 1. The molecule has 1 aliphatic carbocycles. The summed E-state index contributed by atoms with van der Waals surface area (Å²) in [7, 11) is 1.60. The molecule has 0 radical (unpaired) electrons. The molecular weight excluding hydrogens is 338 g/mol. The first kappa shape index (κ1) is 17.6. The number of aromatic nitrogens is 1. The average Bonchev–Trinajstić information content (AvgIpc) is 3.06. The molecule has 0 spiro atoms. The molecule has 0 saturated heterocycles. The number of aryl methyl sites for hydroxylation is 1. The van der Waals surface area contributed by atoms with Gasteiger partial charge in [0.05, 0.1) is 7.11 Å². The van der Waals surface area contributed by atoms with E-state index in [4.69, 9.17) is 4.74 Å². The van der Waals surface area contributed by atoms with Crippen LogP contribution in [0, 0.1) is 0 Å². The van der Waals surface area contributed by atoms with Gasteiger partial charge in [0.15, 0.2) is 0 Å². The first-order valence-electron chi connectivity index (χ1n) is 9.50. The zero-order valence-electron chi connectivity index (χ0n) is 15.8. The highest BCUT2D eigenvalue weighted by Crippen LogP contribution is 2.31.